The Morgan fingerprint density at radius 1 is 1.14 bits per heavy atom. The number of hydrogen-bond acceptors (Lipinski definition) is 3. The summed E-state index contributed by atoms with van der Waals surface area (Å²) in [7, 11) is 2.06. The molecule has 4 nitrogen and oxygen atoms in total. The van der Waals surface area contributed by atoms with Crippen molar-refractivity contribution in [3.8, 4) is 5.75 Å². The van der Waals surface area contributed by atoms with Crippen LogP contribution in [0, 0.1) is 0 Å². The van der Waals surface area contributed by atoms with Crippen molar-refractivity contribution in [3.63, 3.8) is 0 Å². The monoisotopic (exact) mass is 315 g/mol. The van der Waals surface area contributed by atoms with E-state index in [1.54, 1.807) is 0 Å². The van der Waals surface area contributed by atoms with E-state index in [2.05, 4.69) is 16.9 Å². The first-order valence-corrected chi connectivity index (χ1v) is 7.58. The number of ether oxygens (including phenoxy) is 1. The Labute approximate surface area is 134 Å². The van der Waals surface area contributed by atoms with Gasteiger partial charge in [0.25, 0.3) is 0 Å². The number of nitrogens with zero attached hydrogens (tertiary/aromatic N) is 3. The summed E-state index contributed by atoms with van der Waals surface area (Å²) in [4.78, 5) is 6.77. The van der Waals surface area contributed by atoms with E-state index in [0.717, 1.165) is 30.2 Å². The minimum absolute atomic E-state index is 0.652. The highest BCUT2D eigenvalue weighted by atomic mass is 35.5. The van der Waals surface area contributed by atoms with Crippen molar-refractivity contribution in [3.05, 3.63) is 65.6 Å². The molecule has 0 aliphatic carbocycles. The van der Waals surface area contributed by atoms with Crippen LogP contribution < -0.4 is 4.74 Å². The number of rotatable bonds is 6. The van der Waals surface area contributed by atoms with Crippen LogP contribution in [-0.2, 0) is 6.54 Å². The maximum Gasteiger partial charge on any atom is 0.137 e. The van der Waals surface area contributed by atoms with E-state index in [9.17, 15) is 0 Å². The van der Waals surface area contributed by atoms with Gasteiger partial charge in [0.2, 0.25) is 0 Å². The number of aromatic nitrogens is 2. The summed E-state index contributed by atoms with van der Waals surface area (Å²) in [5.74, 6) is 0.901. The van der Waals surface area contributed by atoms with Gasteiger partial charge in [-0.05, 0) is 31.3 Å². The van der Waals surface area contributed by atoms with E-state index in [1.165, 1.54) is 0 Å². The summed E-state index contributed by atoms with van der Waals surface area (Å²) in [6.07, 6.45) is 3.88. The van der Waals surface area contributed by atoms with Crippen molar-refractivity contribution >= 4 is 17.2 Å². The van der Waals surface area contributed by atoms with Crippen molar-refractivity contribution in [2.45, 2.75) is 6.54 Å². The average Bonchev–Trinajstić information content (AvgIpc) is 2.89. The summed E-state index contributed by atoms with van der Waals surface area (Å²) in [5.41, 5.74) is 1.93. The predicted octanol–water partition coefficient (Wildman–Crippen LogP) is 3.50. The molecular formula is C17H18ClN3O. The quantitative estimate of drug-likeness (QED) is 0.697. The molecule has 0 spiro atoms. The molecule has 2 heterocycles. The van der Waals surface area contributed by atoms with Crippen molar-refractivity contribution in [1.29, 1.82) is 0 Å². The van der Waals surface area contributed by atoms with E-state index >= 15 is 0 Å². The highest BCUT2D eigenvalue weighted by Crippen LogP contribution is 2.13. The number of halogens is 1. The molecule has 5 heteroatoms. The van der Waals surface area contributed by atoms with Crippen LogP contribution in [0.4, 0.5) is 0 Å². The maximum absolute atomic E-state index is 5.98. The molecule has 0 aliphatic rings. The van der Waals surface area contributed by atoms with Gasteiger partial charge in [-0.3, -0.25) is 4.90 Å². The molecular weight excluding hydrogens is 298 g/mol. The molecule has 1 aromatic carbocycles. The van der Waals surface area contributed by atoms with Gasteiger partial charge < -0.3 is 9.14 Å². The normalized spacial score (nSPS) is 11.2. The van der Waals surface area contributed by atoms with Crippen molar-refractivity contribution in [2.75, 3.05) is 20.2 Å². The van der Waals surface area contributed by atoms with Gasteiger partial charge in [-0.15, -0.1) is 0 Å². The standard InChI is InChI=1S/C17H18ClN3O/c1-20(9-10-22-16-5-3-2-4-6-16)12-15-13-21-11-14(18)7-8-17(21)19-15/h2-8,11,13H,9-10,12H2,1H3. The zero-order chi connectivity index (χ0) is 15.4. The lowest BCUT2D eigenvalue weighted by Crippen LogP contribution is -2.24. The zero-order valence-corrected chi connectivity index (χ0v) is 13.2. The lowest BCUT2D eigenvalue weighted by atomic mass is 10.3. The van der Waals surface area contributed by atoms with Gasteiger partial charge in [0.05, 0.1) is 10.7 Å². The smallest absolute Gasteiger partial charge is 0.137 e. The summed E-state index contributed by atoms with van der Waals surface area (Å²) >= 11 is 5.98. The summed E-state index contributed by atoms with van der Waals surface area (Å²) in [6, 6.07) is 13.6. The van der Waals surface area contributed by atoms with Gasteiger partial charge in [0.1, 0.15) is 18.0 Å². The lowest BCUT2D eigenvalue weighted by molar-refractivity contribution is 0.231. The van der Waals surface area contributed by atoms with Crippen LogP contribution in [0.2, 0.25) is 5.02 Å². The maximum atomic E-state index is 5.98. The molecule has 0 saturated heterocycles. The summed E-state index contributed by atoms with van der Waals surface area (Å²) < 4.78 is 7.65. The van der Waals surface area contributed by atoms with Crippen molar-refractivity contribution in [1.82, 2.24) is 14.3 Å². The van der Waals surface area contributed by atoms with Crippen LogP contribution in [0.1, 0.15) is 5.69 Å². The number of hydrogen-bond donors (Lipinski definition) is 0. The van der Waals surface area contributed by atoms with Crippen LogP contribution in [0.3, 0.4) is 0 Å². The van der Waals surface area contributed by atoms with Crippen LogP contribution in [0.5, 0.6) is 5.75 Å². The Morgan fingerprint density at radius 2 is 1.95 bits per heavy atom. The lowest BCUT2D eigenvalue weighted by Gasteiger charge is -2.15. The highest BCUT2D eigenvalue weighted by molar-refractivity contribution is 6.30. The molecule has 0 saturated carbocycles. The number of imidazole rings is 1. The predicted molar refractivity (Wildman–Crippen MR) is 88.5 cm³/mol. The minimum atomic E-state index is 0.652. The second kappa shape index (κ2) is 6.81. The first kappa shape index (κ1) is 14.9. The van der Waals surface area contributed by atoms with Crippen LogP contribution in [0.15, 0.2) is 54.9 Å². The Kier molecular flexibility index (Phi) is 4.61. The molecule has 0 amide bonds. The van der Waals surface area contributed by atoms with E-state index in [1.807, 2.05) is 59.3 Å². The van der Waals surface area contributed by atoms with Crippen LogP contribution in [0.25, 0.3) is 5.65 Å². The molecule has 114 valence electrons. The Balaban J connectivity index is 1.53. The number of fused-ring (bicyclic) bond motifs is 1. The zero-order valence-electron chi connectivity index (χ0n) is 12.4. The summed E-state index contributed by atoms with van der Waals surface area (Å²) in [5, 5.41) is 0.709. The fourth-order valence-electron chi connectivity index (χ4n) is 2.29. The second-order valence-corrected chi connectivity index (χ2v) is 5.68. The molecule has 2 aromatic heterocycles. The number of para-hydroxylation sites is 1. The molecule has 3 rings (SSSR count). The average molecular weight is 316 g/mol. The van der Waals surface area contributed by atoms with Crippen molar-refractivity contribution < 1.29 is 4.74 Å². The fraction of sp³-hybridized carbons (Fsp3) is 0.235. The molecule has 0 aliphatic heterocycles. The first-order valence-electron chi connectivity index (χ1n) is 7.20. The number of benzene rings is 1. The van der Waals surface area contributed by atoms with Crippen molar-refractivity contribution in [2.24, 2.45) is 0 Å². The molecule has 0 bridgehead atoms. The molecule has 22 heavy (non-hydrogen) atoms. The number of pyridine rings is 1. The topological polar surface area (TPSA) is 29.8 Å². The van der Waals surface area contributed by atoms with Gasteiger partial charge >= 0.3 is 0 Å². The Morgan fingerprint density at radius 3 is 2.77 bits per heavy atom. The van der Waals surface area contributed by atoms with Gasteiger partial charge in [-0.2, -0.15) is 0 Å². The molecule has 0 unspecified atom stereocenters. The molecule has 0 atom stereocenters. The van der Waals surface area contributed by atoms with E-state index in [-0.39, 0.29) is 0 Å². The highest BCUT2D eigenvalue weighted by Gasteiger charge is 2.06. The third kappa shape index (κ3) is 3.78. The minimum Gasteiger partial charge on any atom is -0.492 e. The van der Waals surface area contributed by atoms with Gasteiger partial charge in [0, 0.05) is 25.5 Å². The Bertz CT molecular complexity index is 742. The van der Waals surface area contributed by atoms with Crippen LogP contribution in [-0.4, -0.2) is 34.5 Å². The van der Waals surface area contributed by atoms with E-state index in [0.29, 0.717) is 11.6 Å². The fourth-order valence-corrected chi connectivity index (χ4v) is 2.45. The molecule has 0 fully saturated rings. The van der Waals surface area contributed by atoms with Crippen LogP contribution >= 0.6 is 11.6 Å². The van der Waals surface area contributed by atoms with E-state index < -0.39 is 0 Å². The molecule has 3 aromatic rings. The third-order valence-corrected chi connectivity index (χ3v) is 3.61. The first-order chi connectivity index (χ1) is 10.7. The van der Waals surface area contributed by atoms with Gasteiger partial charge in [-0.1, -0.05) is 29.8 Å². The molecule has 0 radical (unpaired) electrons. The third-order valence-electron chi connectivity index (χ3n) is 3.38. The Hall–Kier alpha value is -2.04. The molecule has 0 N–H and O–H groups in total. The summed E-state index contributed by atoms with van der Waals surface area (Å²) in [6.45, 7) is 2.26. The van der Waals surface area contributed by atoms with Gasteiger partial charge in [0.15, 0.2) is 0 Å². The van der Waals surface area contributed by atoms with Gasteiger partial charge in [-0.25, -0.2) is 4.98 Å². The largest absolute Gasteiger partial charge is 0.492 e. The van der Waals surface area contributed by atoms with E-state index in [4.69, 9.17) is 16.3 Å². The SMILES string of the molecule is CN(CCOc1ccccc1)Cc1cn2cc(Cl)ccc2n1. The number of likely N-dealkylation sites (N-methyl/N-ethyl adjacent to an activating group) is 1. The second-order valence-electron chi connectivity index (χ2n) is 5.24.